The molecule has 3 aromatic heterocycles. The highest BCUT2D eigenvalue weighted by Gasteiger charge is 2.22. The highest BCUT2D eigenvalue weighted by molar-refractivity contribution is 5.64. The predicted octanol–water partition coefficient (Wildman–Crippen LogP) is 2.61. The SMILES string of the molecule is C[C@@H](COc1ccc(-c2nc3ccc(OCC4CC4)cn3n2)nc1)NC(=O)O. The van der Waals surface area contributed by atoms with Crippen LogP contribution in [0.2, 0.25) is 0 Å². The zero-order chi connectivity index (χ0) is 19.5. The van der Waals surface area contributed by atoms with Crippen LogP contribution in [0.25, 0.3) is 17.2 Å². The van der Waals surface area contributed by atoms with E-state index in [2.05, 4.69) is 20.4 Å². The van der Waals surface area contributed by atoms with Gasteiger partial charge in [-0.2, -0.15) is 0 Å². The average molecular weight is 383 g/mol. The van der Waals surface area contributed by atoms with Crippen molar-refractivity contribution in [2.24, 2.45) is 5.92 Å². The van der Waals surface area contributed by atoms with Crippen molar-refractivity contribution in [1.82, 2.24) is 24.9 Å². The fourth-order valence-corrected chi connectivity index (χ4v) is 2.63. The smallest absolute Gasteiger partial charge is 0.404 e. The molecule has 0 aliphatic heterocycles. The Labute approximate surface area is 161 Å². The molecule has 1 aliphatic rings. The van der Waals surface area contributed by atoms with Crippen molar-refractivity contribution in [3.05, 3.63) is 36.7 Å². The lowest BCUT2D eigenvalue weighted by molar-refractivity contribution is 0.183. The van der Waals surface area contributed by atoms with Gasteiger partial charge in [-0.1, -0.05) is 0 Å². The van der Waals surface area contributed by atoms with Crippen LogP contribution in [-0.4, -0.2) is 50.0 Å². The van der Waals surface area contributed by atoms with E-state index < -0.39 is 6.09 Å². The second-order valence-electron chi connectivity index (χ2n) is 6.90. The number of aromatic nitrogens is 4. The van der Waals surface area contributed by atoms with Crippen LogP contribution in [0.5, 0.6) is 11.5 Å². The maximum Gasteiger partial charge on any atom is 0.404 e. The molecule has 28 heavy (non-hydrogen) atoms. The van der Waals surface area contributed by atoms with Gasteiger partial charge < -0.3 is 19.9 Å². The quantitative estimate of drug-likeness (QED) is 0.615. The molecule has 0 unspecified atom stereocenters. The molecule has 1 aliphatic carbocycles. The van der Waals surface area contributed by atoms with E-state index >= 15 is 0 Å². The fraction of sp³-hybridized carbons (Fsp3) is 0.368. The van der Waals surface area contributed by atoms with Gasteiger partial charge in [-0.05, 0) is 49.9 Å². The number of fused-ring (bicyclic) bond motifs is 1. The van der Waals surface area contributed by atoms with Gasteiger partial charge in [0, 0.05) is 0 Å². The maximum absolute atomic E-state index is 10.6. The molecule has 1 fully saturated rings. The van der Waals surface area contributed by atoms with Crippen molar-refractivity contribution >= 4 is 11.7 Å². The van der Waals surface area contributed by atoms with Gasteiger partial charge in [0.15, 0.2) is 5.65 Å². The molecule has 0 aromatic carbocycles. The number of carbonyl (C=O) groups is 1. The second-order valence-corrected chi connectivity index (χ2v) is 6.90. The number of hydrogen-bond donors (Lipinski definition) is 2. The van der Waals surface area contributed by atoms with Gasteiger partial charge >= 0.3 is 6.09 Å². The highest BCUT2D eigenvalue weighted by Crippen LogP contribution is 2.29. The number of ether oxygens (including phenoxy) is 2. The van der Waals surface area contributed by atoms with E-state index in [0.29, 0.717) is 28.8 Å². The Morgan fingerprint density at radius 1 is 1.29 bits per heavy atom. The third-order valence-corrected chi connectivity index (χ3v) is 4.32. The number of rotatable bonds is 8. The third-order valence-electron chi connectivity index (χ3n) is 4.32. The van der Waals surface area contributed by atoms with Crippen LogP contribution in [-0.2, 0) is 0 Å². The van der Waals surface area contributed by atoms with Crippen LogP contribution >= 0.6 is 0 Å². The molecule has 0 saturated heterocycles. The van der Waals surface area contributed by atoms with E-state index in [1.54, 1.807) is 29.8 Å². The van der Waals surface area contributed by atoms with Crippen LogP contribution < -0.4 is 14.8 Å². The largest absolute Gasteiger partial charge is 0.492 e. The van der Waals surface area contributed by atoms with E-state index in [9.17, 15) is 4.79 Å². The topological polar surface area (TPSA) is 111 Å². The van der Waals surface area contributed by atoms with Crippen LogP contribution in [0.1, 0.15) is 19.8 Å². The summed E-state index contributed by atoms with van der Waals surface area (Å²) < 4.78 is 13.0. The number of pyridine rings is 2. The van der Waals surface area contributed by atoms with Gasteiger partial charge in [-0.25, -0.2) is 19.3 Å². The Balaban J connectivity index is 1.41. The van der Waals surface area contributed by atoms with E-state index in [-0.39, 0.29) is 12.6 Å². The van der Waals surface area contributed by atoms with Crippen LogP contribution in [0.4, 0.5) is 4.79 Å². The lowest BCUT2D eigenvalue weighted by Gasteiger charge is -2.12. The summed E-state index contributed by atoms with van der Waals surface area (Å²) in [5.41, 5.74) is 1.33. The summed E-state index contributed by atoms with van der Waals surface area (Å²) in [6, 6.07) is 6.96. The first-order valence-corrected chi connectivity index (χ1v) is 9.15. The van der Waals surface area contributed by atoms with Gasteiger partial charge in [-0.3, -0.25) is 0 Å². The van der Waals surface area contributed by atoms with E-state index in [1.807, 2.05) is 18.3 Å². The zero-order valence-electron chi connectivity index (χ0n) is 15.4. The molecule has 1 atom stereocenters. The summed E-state index contributed by atoms with van der Waals surface area (Å²) in [4.78, 5) is 19.4. The number of nitrogens with zero attached hydrogens (tertiary/aromatic N) is 4. The predicted molar refractivity (Wildman–Crippen MR) is 101 cm³/mol. The minimum absolute atomic E-state index is 0.212. The summed E-state index contributed by atoms with van der Waals surface area (Å²) in [7, 11) is 0. The lowest BCUT2D eigenvalue weighted by atomic mass is 10.3. The number of carboxylic acid groups (broad SMARTS) is 1. The first-order chi connectivity index (χ1) is 13.6. The summed E-state index contributed by atoms with van der Waals surface area (Å²) in [5.74, 6) is 2.51. The minimum atomic E-state index is -1.08. The van der Waals surface area contributed by atoms with Gasteiger partial charge in [0.2, 0.25) is 5.82 Å². The van der Waals surface area contributed by atoms with Crippen molar-refractivity contribution < 1.29 is 19.4 Å². The second kappa shape index (κ2) is 7.71. The molecule has 1 saturated carbocycles. The highest BCUT2D eigenvalue weighted by atomic mass is 16.5. The van der Waals surface area contributed by atoms with Crippen LogP contribution in [0.3, 0.4) is 0 Å². The first kappa shape index (κ1) is 18.0. The van der Waals surface area contributed by atoms with Crippen molar-refractivity contribution in [3.63, 3.8) is 0 Å². The Hall–Kier alpha value is -3.36. The van der Waals surface area contributed by atoms with Crippen molar-refractivity contribution in [1.29, 1.82) is 0 Å². The number of nitrogens with one attached hydrogen (secondary N) is 1. The Kier molecular flexibility index (Phi) is 4.96. The molecule has 1 amide bonds. The molecule has 4 rings (SSSR count). The summed E-state index contributed by atoms with van der Waals surface area (Å²) in [6.07, 6.45) is 4.80. The van der Waals surface area contributed by atoms with E-state index in [4.69, 9.17) is 14.6 Å². The summed E-state index contributed by atoms with van der Waals surface area (Å²) >= 11 is 0. The number of amides is 1. The normalized spacial score (nSPS) is 14.6. The molecule has 146 valence electrons. The lowest BCUT2D eigenvalue weighted by Crippen LogP contribution is -2.35. The minimum Gasteiger partial charge on any atom is -0.492 e. The maximum atomic E-state index is 10.6. The molecule has 9 nitrogen and oxygen atoms in total. The molecule has 0 radical (unpaired) electrons. The van der Waals surface area contributed by atoms with Gasteiger partial charge in [-0.15, -0.1) is 5.10 Å². The molecule has 2 N–H and O–H groups in total. The van der Waals surface area contributed by atoms with E-state index in [1.165, 1.54) is 12.8 Å². The summed E-state index contributed by atoms with van der Waals surface area (Å²) in [5, 5.41) is 15.5. The first-order valence-electron chi connectivity index (χ1n) is 9.15. The van der Waals surface area contributed by atoms with E-state index in [0.717, 1.165) is 12.4 Å². The van der Waals surface area contributed by atoms with Crippen LogP contribution in [0, 0.1) is 5.92 Å². The molecular weight excluding hydrogens is 362 g/mol. The zero-order valence-corrected chi connectivity index (χ0v) is 15.4. The molecule has 3 heterocycles. The Morgan fingerprint density at radius 2 is 2.11 bits per heavy atom. The molecule has 0 bridgehead atoms. The molecular formula is C19H21N5O4. The Morgan fingerprint density at radius 3 is 2.82 bits per heavy atom. The molecule has 9 heteroatoms. The van der Waals surface area contributed by atoms with Gasteiger partial charge in [0.1, 0.15) is 23.8 Å². The van der Waals surface area contributed by atoms with Gasteiger partial charge in [0.05, 0.1) is 25.0 Å². The molecule has 3 aromatic rings. The van der Waals surface area contributed by atoms with Crippen molar-refractivity contribution in [2.45, 2.75) is 25.8 Å². The molecule has 0 spiro atoms. The average Bonchev–Trinajstić information content (AvgIpc) is 3.41. The van der Waals surface area contributed by atoms with Crippen LogP contribution in [0.15, 0.2) is 36.7 Å². The monoisotopic (exact) mass is 383 g/mol. The van der Waals surface area contributed by atoms with Gasteiger partial charge in [0.25, 0.3) is 0 Å². The summed E-state index contributed by atoms with van der Waals surface area (Å²) in [6.45, 7) is 2.68. The van der Waals surface area contributed by atoms with Crippen molar-refractivity contribution in [2.75, 3.05) is 13.2 Å². The third kappa shape index (κ3) is 4.48. The standard InChI is InChI=1S/C19H21N5O4/c1-12(21-19(25)26)10-27-14-4-6-16(20-8-14)18-22-17-7-5-15(9-24(17)23-18)28-11-13-2-3-13/h4-9,12-13,21H,2-3,10-11H2,1H3,(H,25,26)/t12-/m0/s1. The fourth-order valence-electron chi connectivity index (χ4n) is 2.63. The Bertz CT molecular complexity index is 968. The van der Waals surface area contributed by atoms with Crippen molar-refractivity contribution in [3.8, 4) is 23.0 Å². The number of hydrogen-bond acceptors (Lipinski definition) is 6.